The van der Waals surface area contributed by atoms with Crippen LogP contribution < -0.4 is 5.32 Å². The first-order valence-corrected chi connectivity index (χ1v) is 13.2. The van der Waals surface area contributed by atoms with Crippen LogP contribution >= 0.6 is 0 Å². The summed E-state index contributed by atoms with van der Waals surface area (Å²) >= 11 is 0. The number of carbonyl (C=O) groups excluding carboxylic acids is 2. The maximum atomic E-state index is 13.1. The van der Waals surface area contributed by atoms with Gasteiger partial charge in [0.25, 0.3) is 0 Å². The third-order valence-corrected chi connectivity index (χ3v) is 8.55. The van der Waals surface area contributed by atoms with Crippen molar-refractivity contribution < 1.29 is 22.7 Å². The van der Waals surface area contributed by atoms with Crippen LogP contribution in [0.5, 0.6) is 0 Å². The SMILES string of the molecule is CCN1CCN(CCCNC(=O)C2CCN(S(=O)(=O)c3ccccc3C(=O)OC)CC2)CC1. The highest BCUT2D eigenvalue weighted by molar-refractivity contribution is 7.89. The minimum Gasteiger partial charge on any atom is -0.465 e. The molecule has 0 aromatic heterocycles. The topological polar surface area (TPSA) is 99.3 Å². The quantitative estimate of drug-likeness (QED) is 0.416. The van der Waals surface area contributed by atoms with Gasteiger partial charge in [-0.25, -0.2) is 13.2 Å². The van der Waals surface area contributed by atoms with Crippen LogP contribution in [0.2, 0.25) is 0 Å². The minimum atomic E-state index is -3.84. The molecule has 0 spiro atoms. The van der Waals surface area contributed by atoms with Gasteiger partial charge in [-0.05, 0) is 44.5 Å². The number of nitrogens with one attached hydrogen (secondary N) is 1. The molecule has 2 aliphatic rings. The van der Waals surface area contributed by atoms with Crippen LogP contribution in [-0.4, -0.2) is 100 Å². The van der Waals surface area contributed by atoms with Crippen LogP contribution in [0.15, 0.2) is 29.2 Å². The van der Waals surface area contributed by atoms with E-state index in [2.05, 4.69) is 22.0 Å². The van der Waals surface area contributed by atoms with E-state index in [4.69, 9.17) is 4.74 Å². The van der Waals surface area contributed by atoms with Crippen molar-refractivity contribution in [1.29, 1.82) is 0 Å². The number of nitrogens with zero attached hydrogens (tertiary/aromatic N) is 3. The van der Waals surface area contributed by atoms with Gasteiger partial charge in [-0.15, -0.1) is 0 Å². The number of amides is 1. The van der Waals surface area contributed by atoms with E-state index in [-0.39, 0.29) is 35.4 Å². The van der Waals surface area contributed by atoms with Crippen LogP contribution in [0.25, 0.3) is 0 Å². The standard InChI is InChI=1S/C23H36N4O5S/c1-3-25-15-17-26(18-16-25)12-6-11-24-22(28)19-9-13-27(14-10-19)33(30,31)21-8-5-4-7-20(21)23(29)32-2/h4-5,7-8,19H,3,6,9-18H2,1-2H3,(H,24,28). The van der Waals surface area contributed by atoms with Crippen molar-refractivity contribution in [2.75, 3.05) is 66.0 Å². The zero-order chi connectivity index (χ0) is 23.8. The highest BCUT2D eigenvalue weighted by Gasteiger charge is 2.34. The number of likely N-dealkylation sites (N-methyl/N-ethyl adjacent to an activating group) is 1. The zero-order valence-electron chi connectivity index (χ0n) is 19.7. The van der Waals surface area contributed by atoms with Gasteiger partial charge in [0.1, 0.15) is 0 Å². The monoisotopic (exact) mass is 480 g/mol. The zero-order valence-corrected chi connectivity index (χ0v) is 20.5. The smallest absolute Gasteiger partial charge is 0.339 e. The Balaban J connectivity index is 1.44. The molecule has 1 aromatic rings. The number of methoxy groups -OCH3 is 1. The van der Waals surface area contributed by atoms with Gasteiger partial charge in [0.2, 0.25) is 15.9 Å². The second kappa shape index (κ2) is 11.9. The average molecular weight is 481 g/mol. The molecule has 2 saturated heterocycles. The Bertz CT molecular complexity index is 907. The summed E-state index contributed by atoms with van der Waals surface area (Å²) in [6, 6.07) is 6.06. The van der Waals surface area contributed by atoms with Crippen molar-refractivity contribution >= 4 is 21.9 Å². The summed E-state index contributed by atoms with van der Waals surface area (Å²) in [5.74, 6) is -0.881. The normalized spacial score (nSPS) is 19.3. The number of sulfonamides is 1. The van der Waals surface area contributed by atoms with E-state index in [1.165, 1.54) is 23.5 Å². The maximum absolute atomic E-state index is 13.1. The highest BCUT2D eigenvalue weighted by Crippen LogP contribution is 2.26. The number of benzene rings is 1. The molecular weight excluding hydrogens is 444 g/mol. The van der Waals surface area contributed by atoms with E-state index < -0.39 is 16.0 Å². The Morgan fingerprint density at radius 2 is 1.67 bits per heavy atom. The molecule has 9 nitrogen and oxygen atoms in total. The van der Waals surface area contributed by atoms with Gasteiger partial charge in [0.15, 0.2) is 0 Å². The second-order valence-corrected chi connectivity index (χ2v) is 10.5. The number of hydrogen-bond acceptors (Lipinski definition) is 7. The van der Waals surface area contributed by atoms with Crippen molar-refractivity contribution in [3.05, 3.63) is 29.8 Å². The molecule has 3 rings (SSSR count). The minimum absolute atomic E-state index is 0.00203. The fraction of sp³-hybridized carbons (Fsp3) is 0.652. The van der Waals surface area contributed by atoms with E-state index in [1.54, 1.807) is 12.1 Å². The van der Waals surface area contributed by atoms with Crippen molar-refractivity contribution in [2.24, 2.45) is 5.92 Å². The lowest BCUT2D eigenvalue weighted by Gasteiger charge is -2.34. The Hall–Kier alpha value is -2.01. The Morgan fingerprint density at radius 1 is 1.03 bits per heavy atom. The summed E-state index contributed by atoms with van der Waals surface area (Å²) in [4.78, 5) is 29.4. The first kappa shape index (κ1) is 25.6. The lowest BCUT2D eigenvalue weighted by atomic mass is 9.97. The highest BCUT2D eigenvalue weighted by atomic mass is 32.2. The summed E-state index contributed by atoms with van der Waals surface area (Å²) in [7, 11) is -2.62. The van der Waals surface area contributed by atoms with Crippen molar-refractivity contribution in [3.8, 4) is 0 Å². The molecule has 0 bridgehead atoms. The van der Waals surface area contributed by atoms with Crippen LogP contribution in [0, 0.1) is 5.92 Å². The molecule has 0 radical (unpaired) electrons. The van der Waals surface area contributed by atoms with E-state index in [9.17, 15) is 18.0 Å². The Kier molecular flexibility index (Phi) is 9.25. The molecule has 1 amide bonds. The predicted octanol–water partition coefficient (Wildman–Crippen LogP) is 1.02. The van der Waals surface area contributed by atoms with Gasteiger partial charge < -0.3 is 19.9 Å². The molecule has 10 heteroatoms. The van der Waals surface area contributed by atoms with Gasteiger partial charge in [-0.1, -0.05) is 19.1 Å². The fourth-order valence-corrected chi connectivity index (χ4v) is 6.10. The number of hydrogen-bond donors (Lipinski definition) is 1. The van der Waals surface area contributed by atoms with Gasteiger partial charge in [-0.2, -0.15) is 4.31 Å². The van der Waals surface area contributed by atoms with E-state index in [1.807, 2.05) is 0 Å². The molecule has 1 N–H and O–H groups in total. The molecule has 0 atom stereocenters. The van der Waals surface area contributed by atoms with Crippen LogP contribution in [0.3, 0.4) is 0 Å². The predicted molar refractivity (Wildman–Crippen MR) is 125 cm³/mol. The van der Waals surface area contributed by atoms with Gasteiger partial charge in [0.05, 0.1) is 17.6 Å². The van der Waals surface area contributed by atoms with Gasteiger partial charge in [-0.3, -0.25) is 4.79 Å². The first-order valence-electron chi connectivity index (χ1n) is 11.8. The maximum Gasteiger partial charge on any atom is 0.339 e. The number of rotatable bonds is 9. The summed E-state index contributed by atoms with van der Waals surface area (Å²) in [5, 5.41) is 3.02. The molecule has 0 aliphatic carbocycles. The Morgan fingerprint density at radius 3 is 2.30 bits per heavy atom. The molecule has 184 valence electrons. The van der Waals surface area contributed by atoms with E-state index in [0.29, 0.717) is 19.4 Å². The average Bonchev–Trinajstić information content (AvgIpc) is 2.86. The number of piperidine rings is 1. The fourth-order valence-electron chi connectivity index (χ4n) is 4.46. The summed E-state index contributed by atoms with van der Waals surface area (Å²) in [6.07, 6.45) is 1.84. The van der Waals surface area contributed by atoms with Gasteiger partial charge in [0, 0.05) is 51.7 Å². The number of esters is 1. The van der Waals surface area contributed by atoms with Gasteiger partial charge >= 0.3 is 5.97 Å². The molecular formula is C23H36N4O5S. The molecule has 2 heterocycles. The van der Waals surface area contributed by atoms with Crippen LogP contribution in [0.4, 0.5) is 0 Å². The molecule has 2 fully saturated rings. The molecule has 0 saturated carbocycles. The first-order chi connectivity index (χ1) is 15.9. The van der Waals surface area contributed by atoms with Crippen molar-refractivity contribution in [2.45, 2.75) is 31.1 Å². The van der Waals surface area contributed by atoms with E-state index >= 15 is 0 Å². The number of carbonyl (C=O) groups is 2. The van der Waals surface area contributed by atoms with Crippen LogP contribution in [-0.2, 0) is 19.6 Å². The third kappa shape index (κ3) is 6.53. The third-order valence-electron chi connectivity index (χ3n) is 6.60. The van der Waals surface area contributed by atoms with E-state index in [0.717, 1.165) is 45.7 Å². The number of piperazine rings is 1. The van der Waals surface area contributed by atoms with Crippen LogP contribution in [0.1, 0.15) is 36.5 Å². The summed E-state index contributed by atoms with van der Waals surface area (Å²) in [5.41, 5.74) is 0.0241. The lowest BCUT2D eigenvalue weighted by molar-refractivity contribution is -0.126. The second-order valence-electron chi connectivity index (χ2n) is 8.59. The van der Waals surface area contributed by atoms with Crippen molar-refractivity contribution in [1.82, 2.24) is 19.4 Å². The molecule has 33 heavy (non-hydrogen) atoms. The summed E-state index contributed by atoms with van der Waals surface area (Å²) in [6.45, 7) is 9.76. The molecule has 0 unspecified atom stereocenters. The molecule has 1 aromatic carbocycles. The van der Waals surface area contributed by atoms with Crippen molar-refractivity contribution in [3.63, 3.8) is 0 Å². The summed E-state index contributed by atoms with van der Waals surface area (Å²) < 4.78 is 32.3. The largest absolute Gasteiger partial charge is 0.465 e. The lowest BCUT2D eigenvalue weighted by Crippen LogP contribution is -2.47. The Labute approximate surface area is 197 Å². The molecule has 2 aliphatic heterocycles. The number of ether oxygens (including phenoxy) is 1.